The minimum absolute atomic E-state index is 0.00603. The van der Waals surface area contributed by atoms with Gasteiger partial charge in [-0.25, -0.2) is 0 Å². The van der Waals surface area contributed by atoms with Crippen LogP contribution in [-0.4, -0.2) is 37.7 Å². The van der Waals surface area contributed by atoms with Gasteiger partial charge < -0.3 is 19.1 Å². The normalized spacial score (nSPS) is 13.2. The Labute approximate surface area is 154 Å². The first-order valence-electron chi connectivity index (χ1n) is 8.80. The van der Waals surface area contributed by atoms with E-state index >= 15 is 0 Å². The van der Waals surface area contributed by atoms with Crippen molar-refractivity contribution in [1.82, 2.24) is 4.90 Å². The molecular formula is C21H25NO4. The fourth-order valence-electron chi connectivity index (χ4n) is 2.85. The van der Waals surface area contributed by atoms with Gasteiger partial charge in [0.1, 0.15) is 5.75 Å². The third-order valence-electron chi connectivity index (χ3n) is 4.49. The zero-order valence-corrected chi connectivity index (χ0v) is 15.5. The minimum atomic E-state index is -0.00838. The molecule has 0 atom stereocenters. The molecule has 138 valence electrons. The van der Waals surface area contributed by atoms with Crippen molar-refractivity contribution >= 4 is 5.91 Å². The maximum atomic E-state index is 12.7. The van der Waals surface area contributed by atoms with Gasteiger partial charge in [-0.3, -0.25) is 4.79 Å². The van der Waals surface area contributed by atoms with Crippen molar-refractivity contribution in [1.29, 1.82) is 0 Å². The predicted octanol–water partition coefficient (Wildman–Crippen LogP) is 3.58. The van der Waals surface area contributed by atoms with Gasteiger partial charge in [0.05, 0.1) is 14.2 Å². The fourth-order valence-corrected chi connectivity index (χ4v) is 2.85. The molecular weight excluding hydrogens is 330 g/mol. The fraction of sp³-hybridized carbons (Fsp3) is 0.381. The average molecular weight is 355 g/mol. The van der Waals surface area contributed by atoms with E-state index in [0.29, 0.717) is 24.1 Å². The van der Waals surface area contributed by atoms with Gasteiger partial charge in [0.15, 0.2) is 18.1 Å². The first-order valence-corrected chi connectivity index (χ1v) is 8.80. The minimum Gasteiger partial charge on any atom is -0.497 e. The number of aryl methyl sites for hydroxylation is 1. The molecule has 3 rings (SSSR count). The van der Waals surface area contributed by atoms with Gasteiger partial charge in [-0.05, 0) is 55.2 Å². The van der Waals surface area contributed by atoms with Gasteiger partial charge in [-0.2, -0.15) is 0 Å². The molecule has 2 aromatic carbocycles. The van der Waals surface area contributed by atoms with Crippen LogP contribution in [0.5, 0.6) is 17.2 Å². The number of carbonyl (C=O) groups is 1. The lowest BCUT2D eigenvalue weighted by molar-refractivity contribution is -0.134. The SMILES string of the molecule is COc1ccc(CN(C(=O)COc2ccc(C)cc2OC)C2CC2)cc1. The Hall–Kier alpha value is -2.69. The molecule has 1 aliphatic rings. The van der Waals surface area contributed by atoms with E-state index in [1.165, 1.54) is 0 Å². The summed E-state index contributed by atoms with van der Waals surface area (Å²) < 4.78 is 16.3. The lowest BCUT2D eigenvalue weighted by atomic mass is 10.2. The molecule has 1 fully saturated rings. The summed E-state index contributed by atoms with van der Waals surface area (Å²) in [7, 11) is 3.25. The van der Waals surface area contributed by atoms with E-state index in [2.05, 4.69) is 0 Å². The highest BCUT2D eigenvalue weighted by molar-refractivity contribution is 5.78. The van der Waals surface area contributed by atoms with E-state index in [9.17, 15) is 4.79 Å². The van der Waals surface area contributed by atoms with Crippen molar-refractivity contribution in [2.75, 3.05) is 20.8 Å². The largest absolute Gasteiger partial charge is 0.497 e. The van der Waals surface area contributed by atoms with Crippen LogP contribution in [0.25, 0.3) is 0 Å². The number of carbonyl (C=O) groups excluding carboxylic acids is 1. The highest BCUT2D eigenvalue weighted by Crippen LogP contribution is 2.30. The number of amides is 1. The monoisotopic (exact) mass is 355 g/mol. The molecule has 0 aromatic heterocycles. The van der Waals surface area contributed by atoms with E-state index in [1.54, 1.807) is 14.2 Å². The molecule has 1 aliphatic carbocycles. The third kappa shape index (κ3) is 4.48. The Bertz CT molecular complexity index is 753. The lowest BCUT2D eigenvalue weighted by Crippen LogP contribution is -2.36. The summed E-state index contributed by atoms with van der Waals surface area (Å²) in [6.45, 7) is 2.58. The van der Waals surface area contributed by atoms with Crippen LogP contribution in [0, 0.1) is 6.92 Å². The molecule has 1 amide bonds. The zero-order chi connectivity index (χ0) is 18.5. The number of rotatable bonds is 8. The van der Waals surface area contributed by atoms with Gasteiger partial charge in [0, 0.05) is 12.6 Å². The van der Waals surface area contributed by atoms with Crippen LogP contribution in [0.1, 0.15) is 24.0 Å². The number of hydrogen-bond acceptors (Lipinski definition) is 4. The van der Waals surface area contributed by atoms with Crippen LogP contribution in [0.3, 0.4) is 0 Å². The van der Waals surface area contributed by atoms with Crippen LogP contribution in [0.2, 0.25) is 0 Å². The smallest absolute Gasteiger partial charge is 0.261 e. The summed E-state index contributed by atoms with van der Waals surface area (Å²) >= 11 is 0. The molecule has 0 radical (unpaired) electrons. The Balaban J connectivity index is 1.64. The number of ether oxygens (including phenoxy) is 3. The summed E-state index contributed by atoms with van der Waals surface area (Å²) in [6.07, 6.45) is 2.10. The van der Waals surface area contributed by atoms with Crippen LogP contribution < -0.4 is 14.2 Å². The number of nitrogens with zero attached hydrogens (tertiary/aromatic N) is 1. The molecule has 0 unspecified atom stereocenters. The van der Waals surface area contributed by atoms with Crippen LogP contribution >= 0.6 is 0 Å². The summed E-state index contributed by atoms with van der Waals surface area (Å²) in [5, 5.41) is 0. The highest BCUT2D eigenvalue weighted by atomic mass is 16.5. The van der Waals surface area contributed by atoms with Crippen LogP contribution in [-0.2, 0) is 11.3 Å². The predicted molar refractivity (Wildman–Crippen MR) is 99.8 cm³/mol. The summed E-state index contributed by atoms with van der Waals surface area (Å²) in [4.78, 5) is 14.6. The van der Waals surface area contributed by atoms with Gasteiger partial charge in [0.25, 0.3) is 5.91 Å². The molecule has 0 heterocycles. The quantitative estimate of drug-likeness (QED) is 0.726. The zero-order valence-electron chi connectivity index (χ0n) is 15.5. The first-order chi connectivity index (χ1) is 12.6. The topological polar surface area (TPSA) is 48.0 Å². The highest BCUT2D eigenvalue weighted by Gasteiger charge is 2.32. The van der Waals surface area contributed by atoms with Crippen molar-refractivity contribution in [3.05, 3.63) is 53.6 Å². The molecule has 0 saturated heterocycles. The Kier molecular flexibility index (Phi) is 5.66. The third-order valence-corrected chi connectivity index (χ3v) is 4.49. The second-order valence-electron chi connectivity index (χ2n) is 6.54. The van der Waals surface area contributed by atoms with Gasteiger partial charge in [-0.15, -0.1) is 0 Å². The van der Waals surface area contributed by atoms with E-state index < -0.39 is 0 Å². The summed E-state index contributed by atoms with van der Waals surface area (Å²) in [5.74, 6) is 2.04. The van der Waals surface area contributed by atoms with Gasteiger partial charge >= 0.3 is 0 Å². The van der Waals surface area contributed by atoms with E-state index in [1.807, 2.05) is 54.3 Å². The second kappa shape index (κ2) is 8.13. The van der Waals surface area contributed by atoms with Crippen molar-refractivity contribution < 1.29 is 19.0 Å². The van der Waals surface area contributed by atoms with Crippen molar-refractivity contribution in [3.63, 3.8) is 0 Å². The lowest BCUT2D eigenvalue weighted by Gasteiger charge is -2.23. The second-order valence-corrected chi connectivity index (χ2v) is 6.54. The Morgan fingerprint density at radius 3 is 2.38 bits per heavy atom. The summed E-state index contributed by atoms with van der Waals surface area (Å²) in [5.41, 5.74) is 2.17. The van der Waals surface area contributed by atoms with Gasteiger partial charge in [-0.1, -0.05) is 18.2 Å². The number of hydrogen-bond donors (Lipinski definition) is 0. The van der Waals surface area contributed by atoms with Gasteiger partial charge in [0.2, 0.25) is 0 Å². The molecule has 5 heteroatoms. The van der Waals surface area contributed by atoms with E-state index in [0.717, 1.165) is 29.7 Å². The molecule has 5 nitrogen and oxygen atoms in total. The average Bonchev–Trinajstić information content (AvgIpc) is 3.50. The Morgan fingerprint density at radius 2 is 1.77 bits per heavy atom. The van der Waals surface area contributed by atoms with Crippen molar-refractivity contribution in [3.8, 4) is 17.2 Å². The molecule has 1 saturated carbocycles. The molecule has 26 heavy (non-hydrogen) atoms. The van der Waals surface area contributed by atoms with Crippen LogP contribution in [0.15, 0.2) is 42.5 Å². The molecule has 2 aromatic rings. The molecule has 0 spiro atoms. The summed E-state index contributed by atoms with van der Waals surface area (Å²) in [6, 6.07) is 13.8. The van der Waals surface area contributed by atoms with Crippen molar-refractivity contribution in [2.24, 2.45) is 0 Å². The van der Waals surface area contributed by atoms with E-state index in [-0.39, 0.29) is 12.5 Å². The Morgan fingerprint density at radius 1 is 1.04 bits per heavy atom. The molecule has 0 bridgehead atoms. The number of methoxy groups -OCH3 is 2. The standard InChI is InChI=1S/C21H25NO4/c1-15-4-11-19(20(12-15)25-3)26-14-21(23)22(17-7-8-17)13-16-5-9-18(24-2)10-6-16/h4-6,9-12,17H,7-8,13-14H2,1-3H3. The first kappa shape index (κ1) is 18.1. The van der Waals surface area contributed by atoms with E-state index in [4.69, 9.17) is 14.2 Å². The molecule has 0 aliphatic heterocycles. The van der Waals surface area contributed by atoms with Crippen LogP contribution in [0.4, 0.5) is 0 Å². The maximum absolute atomic E-state index is 12.7. The maximum Gasteiger partial charge on any atom is 0.261 e. The van der Waals surface area contributed by atoms with Crippen molar-refractivity contribution in [2.45, 2.75) is 32.4 Å². The molecule has 0 N–H and O–H groups in total. The number of benzene rings is 2.